The summed E-state index contributed by atoms with van der Waals surface area (Å²) in [6.45, 7) is 8.24. The minimum atomic E-state index is -4.06. The zero-order chi connectivity index (χ0) is 36.7. The van der Waals surface area contributed by atoms with Crippen molar-refractivity contribution in [2.45, 2.75) is 64.1 Å². The highest BCUT2D eigenvalue weighted by Gasteiger charge is 2.39. The number of amides is 3. The average Bonchev–Trinajstić information content (AvgIpc) is 3.45. The zero-order valence-corrected chi connectivity index (χ0v) is 30.6. The molecule has 1 aromatic heterocycles. The van der Waals surface area contributed by atoms with Crippen LogP contribution in [0, 0.1) is 18.8 Å². The summed E-state index contributed by atoms with van der Waals surface area (Å²) in [6, 6.07) is 22.9. The predicted octanol–water partition coefficient (Wildman–Crippen LogP) is 4.95. The summed E-state index contributed by atoms with van der Waals surface area (Å²) in [6.07, 6.45) is 2.05. The SMILES string of the molecule is Cc1cc(S(=O)(=O)N(CC(C)CCc2ccccc2)CC(O)CNC(=O)[C@@H](C(C)C)N2CCN(Cc3cnc4ccccc4c3)C2=O)ccc1O. The number of fused-ring (bicyclic) bond motifs is 1. The first kappa shape index (κ1) is 37.7. The Hall–Kier alpha value is -4.52. The Morgan fingerprint density at radius 3 is 2.41 bits per heavy atom. The number of aryl methyl sites for hydroxylation is 2. The molecule has 1 aliphatic rings. The van der Waals surface area contributed by atoms with Crippen molar-refractivity contribution < 1.29 is 28.2 Å². The van der Waals surface area contributed by atoms with Crippen LogP contribution in [0.5, 0.6) is 5.75 Å². The number of phenols is 1. The number of aromatic nitrogens is 1. The summed E-state index contributed by atoms with van der Waals surface area (Å²) >= 11 is 0. The molecule has 0 saturated carbocycles. The number of benzene rings is 3. The van der Waals surface area contributed by atoms with E-state index in [9.17, 15) is 28.2 Å². The van der Waals surface area contributed by atoms with Gasteiger partial charge in [0.2, 0.25) is 15.9 Å². The van der Waals surface area contributed by atoms with E-state index >= 15 is 0 Å². The van der Waals surface area contributed by atoms with E-state index in [1.807, 2.05) is 81.4 Å². The molecule has 1 aliphatic heterocycles. The lowest BCUT2D eigenvalue weighted by molar-refractivity contribution is -0.127. The van der Waals surface area contributed by atoms with E-state index < -0.39 is 28.1 Å². The fourth-order valence-electron chi connectivity index (χ4n) is 6.56. The number of aromatic hydroxyl groups is 1. The van der Waals surface area contributed by atoms with Crippen molar-refractivity contribution in [3.05, 3.63) is 102 Å². The van der Waals surface area contributed by atoms with E-state index in [4.69, 9.17) is 0 Å². The van der Waals surface area contributed by atoms with E-state index in [1.165, 1.54) is 22.5 Å². The minimum Gasteiger partial charge on any atom is -0.508 e. The van der Waals surface area contributed by atoms with Gasteiger partial charge in [0.15, 0.2) is 0 Å². The second kappa shape index (κ2) is 16.7. The van der Waals surface area contributed by atoms with Crippen LogP contribution < -0.4 is 5.32 Å². The zero-order valence-electron chi connectivity index (χ0n) is 29.8. The number of nitrogens with zero attached hydrogens (tertiary/aromatic N) is 4. The van der Waals surface area contributed by atoms with Crippen LogP contribution in [0.1, 0.15) is 43.9 Å². The number of phenolic OH excluding ortho intramolecular Hbond substituents is 1. The third-order valence-electron chi connectivity index (χ3n) is 9.40. The largest absolute Gasteiger partial charge is 0.508 e. The first-order valence-corrected chi connectivity index (χ1v) is 19.0. The minimum absolute atomic E-state index is 0.00974. The molecule has 2 heterocycles. The molecule has 5 rings (SSSR count). The number of nitrogens with one attached hydrogen (secondary N) is 1. The Balaban J connectivity index is 1.23. The van der Waals surface area contributed by atoms with Crippen molar-refractivity contribution in [1.29, 1.82) is 0 Å². The molecule has 0 bridgehead atoms. The number of aliphatic hydroxyl groups excluding tert-OH is 1. The van der Waals surface area contributed by atoms with Gasteiger partial charge in [-0.2, -0.15) is 4.31 Å². The first-order valence-electron chi connectivity index (χ1n) is 17.5. The van der Waals surface area contributed by atoms with E-state index in [1.54, 1.807) is 22.9 Å². The lowest BCUT2D eigenvalue weighted by Gasteiger charge is -2.31. The molecular weight excluding hydrogens is 667 g/mol. The van der Waals surface area contributed by atoms with Crippen LogP contribution in [0.25, 0.3) is 10.9 Å². The number of aliphatic hydroxyl groups is 1. The maximum atomic E-state index is 13.9. The smallest absolute Gasteiger partial charge is 0.321 e. The molecule has 0 spiro atoms. The van der Waals surface area contributed by atoms with Crippen molar-refractivity contribution in [1.82, 2.24) is 24.4 Å². The molecule has 3 N–H and O–H groups in total. The van der Waals surface area contributed by atoms with E-state index in [0.29, 0.717) is 25.2 Å². The fourth-order valence-corrected chi connectivity index (χ4v) is 8.24. The van der Waals surface area contributed by atoms with Crippen molar-refractivity contribution >= 4 is 32.9 Å². The van der Waals surface area contributed by atoms with Gasteiger partial charge in [0.1, 0.15) is 11.8 Å². The molecule has 12 heteroatoms. The molecule has 1 fully saturated rings. The van der Waals surface area contributed by atoms with Gasteiger partial charge >= 0.3 is 6.03 Å². The lowest BCUT2D eigenvalue weighted by atomic mass is 10.0. The first-order chi connectivity index (χ1) is 24.3. The topological polar surface area (TPSA) is 143 Å². The van der Waals surface area contributed by atoms with Crippen molar-refractivity contribution in [2.24, 2.45) is 11.8 Å². The van der Waals surface area contributed by atoms with E-state index in [2.05, 4.69) is 10.3 Å². The normalized spacial score (nSPS) is 15.5. The second-order valence-corrected chi connectivity index (χ2v) is 15.9. The van der Waals surface area contributed by atoms with Crippen LogP contribution in [0.3, 0.4) is 0 Å². The molecule has 3 aromatic carbocycles. The summed E-state index contributed by atoms with van der Waals surface area (Å²) in [5, 5.41) is 25.0. The van der Waals surface area contributed by atoms with Gasteiger partial charge in [-0.25, -0.2) is 13.2 Å². The average molecular weight is 716 g/mol. The van der Waals surface area contributed by atoms with Gasteiger partial charge in [0, 0.05) is 50.9 Å². The molecular formula is C39H49N5O6S. The predicted molar refractivity (Wildman–Crippen MR) is 197 cm³/mol. The van der Waals surface area contributed by atoms with Gasteiger partial charge in [-0.3, -0.25) is 9.78 Å². The third kappa shape index (κ3) is 9.43. The van der Waals surface area contributed by atoms with Crippen molar-refractivity contribution in [2.75, 3.05) is 32.7 Å². The van der Waals surface area contributed by atoms with Gasteiger partial charge in [-0.1, -0.05) is 69.3 Å². The number of hydrogen-bond donors (Lipinski definition) is 3. The molecule has 272 valence electrons. The highest BCUT2D eigenvalue weighted by molar-refractivity contribution is 7.89. The molecule has 1 saturated heterocycles. The number of carbonyl (C=O) groups excluding carboxylic acids is 2. The van der Waals surface area contributed by atoms with Gasteiger partial charge in [-0.15, -0.1) is 0 Å². The highest BCUT2D eigenvalue weighted by Crippen LogP contribution is 2.25. The standard InChI is InChI=1S/C39H49N5O6S/c1-27(2)37(44-19-18-42(39(44)48)25-31-21-32-12-8-9-13-35(32)40-22-31)38(47)41-23-33(45)26-43(24-28(3)14-15-30-10-6-5-7-11-30)51(49,50)34-16-17-36(46)29(4)20-34/h5-13,16-17,20-22,27-28,33,37,45-46H,14-15,18-19,23-26H2,1-4H3,(H,41,47)/t28?,33?,37-/m1/s1. The van der Waals surface area contributed by atoms with Gasteiger partial charge < -0.3 is 25.3 Å². The monoisotopic (exact) mass is 715 g/mol. The number of hydrogen-bond acceptors (Lipinski definition) is 7. The number of rotatable bonds is 16. The van der Waals surface area contributed by atoms with Crippen molar-refractivity contribution in [3.63, 3.8) is 0 Å². The van der Waals surface area contributed by atoms with Gasteiger partial charge in [-0.05, 0) is 78.6 Å². The van der Waals surface area contributed by atoms with Crippen LogP contribution in [0.2, 0.25) is 0 Å². The molecule has 51 heavy (non-hydrogen) atoms. The Morgan fingerprint density at radius 2 is 1.69 bits per heavy atom. The molecule has 0 aliphatic carbocycles. The van der Waals surface area contributed by atoms with Gasteiger partial charge in [0.25, 0.3) is 0 Å². The molecule has 0 radical (unpaired) electrons. The summed E-state index contributed by atoms with van der Waals surface area (Å²) in [5.74, 6) is -0.677. The van der Waals surface area contributed by atoms with E-state index in [0.717, 1.165) is 34.9 Å². The molecule has 3 atom stereocenters. The maximum absolute atomic E-state index is 13.9. The number of para-hydroxylation sites is 1. The van der Waals surface area contributed by atoms with Gasteiger partial charge in [0.05, 0.1) is 16.5 Å². The number of pyridine rings is 1. The van der Waals surface area contributed by atoms with Crippen LogP contribution in [-0.4, -0.2) is 94.5 Å². The second-order valence-electron chi connectivity index (χ2n) is 13.9. The Labute approximate surface area is 301 Å². The Kier molecular flexibility index (Phi) is 12.3. The maximum Gasteiger partial charge on any atom is 0.321 e. The fraction of sp³-hybridized carbons (Fsp3) is 0.410. The molecule has 2 unspecified atom stereocenters. The molecule has 11 nitrogen and oxygen atoms in total. The summed E-state index contributed by atoms with van der Waals surface area (Å²) in [4.78, 5) is 35.0. The van der Waals surface area contributed by atoms with Crippen LogP contribution in [-0.2, 0) is 27.8 Å². The highest BCUT2D eigenvalue weighted by atomic mass is 32.2. The Bertz CT molecular complexity index is 1920. The summed E-state index contributed by atoms with van der Waals surface area (Å²) in [7, 11) is -4.06. The van der Waals surface area contributed by atoms with Crippen LogP contribution in [0.4, 0.5) is 4.79 Å². The number of sulfonamides is 1. The Morgan fingerprint density at radius 1 is 0.961 bits per heavy atom. The number of urea groups is 1. The van der Waals surface area contributed by atoms with Crippen molar-refractivity contribution in [3.8, 4) is 5.75 Å². The lowest BCUT2D eigenvalue weighted by Crippen LogP contribution is -2.53. The third-order valence-corrected chi connectivity index (χ3v) is 11.2. The summed E-state index contributed by atoms with van der Waals surface area (Å²) in [5.41, 5.74) is 3.35. The number of carbonyl (C=O) groups is 2. The molecule has 4 aromatic rings. The summed E-state index contributed by atoms with van der Waals surface area (Å²) < 4.78 is 29.1. The molecule has 3 amide bonds. The van der Waals surface area contributed by atoms with E-state index in [-0.39, 0.29) is 48.1 Å². The van der Waals surface area contributed by atoms with Crippen LogP contribution >= 0.6 is 0 Å². The quantitative estimate of drug-likeness (QED) is 0.149. The van der Waals surface area contributed by atoms with Crippen LogP contribution in [0.15, 0.2) is 90.0 Å².